The van der Waals surface area contributed by atoms with E-state index in [1.807, 2.05) is 24.0 Å². The van der Waals surface area contributed by atoms with Crippen molar-refractivity contribution in [3.63, 3.8) is 0 Å². The SMILES string of the molecule is Cc1nc2ccc(CN3CCN(c4ccc(C(N)=O)nc4F)CC3)c(C)c2[nH]c1=O. The van der Waals surface area contributed by atoms with Gasteiger partial charge in [0.1, 0.15) is 11.4 Å². The minimum Gasteiger partial charge on any atom is -0.365 e. The molecule has 9 heteroatoms. The lowest BCUT2D eigenvalue weighted by Gasteiger charge is -2.36. The highest BCUT2D eigenvalue weighted by Gasteiger charge is 2.21. The summed E-state index contributed by atoms with van der Waals surface area (Å²) in [5.41, 5.74) is 9.41. The second-order valence-electron chi connectivity index (χ2n) is 7.53. The van der Waals surface area contributed by atoms with Gasteiger partial charge in [-0.3, -0.25) is 14.5 Å². The summed E-state index contributed by atoms with van der Waals surface area (Å²) in [6, 6.07) is 6.97. The first-order chi connectivity index (χ1) is 14.3. The standard InChI is InChI=1S/C21H23FN6O2/c1-12-14(3-4-15-18(12)26-21(30)13(2)24-15)11-27-7-9-28(10-8-27)17-6-5-16(20(23)29)25-19(17)22/h3-6H,7-11H2,1-2H3,(H2,23,29)(H,26,30). The van der Waals surface area contributed by atoms with Gasteiger partial charge in [0.2, 0.25) is 5.95 Å². The third kappa shape index (κ3) is 3.76. The number of hydrogen-bond acceptors (Lipinski definition) is 6. The fourth-order valence-electron chi connectivity index (χ4n) is 3.79. The Bertz CT molecular complexity index is 1180. The van der Waals surface area contributed by atoms with Gasteiger partial charge in [-0.15, -0.1) is 0 Å². The zero-order valence-corrected chi connectivity index (χ0v) is 16.9. The number of nitrogens with one attached hydrogen (secondary N) is 1. The Hall–Kier alpha value is -3.33. The molecule has 1 fully saturated rings. The Balaban J connectivity index is 1.46. The maximum Gasteiger partial charge on any atom is 0.269 e. The molecule has 156 valence electrons. The Morgan fingerprint density at radius 3 is 2.53 bits per heavy atom. The van der Waals surface area contributed by atoms with Crippen LogP contribution in [0.15, 0.2) is 29.1 Å². The molecule has 0 spiro atoms. The van der Waals surface area contributed by atoms with Crippen LogP contribution in [0.4, 0.5) is 10.1 Å². The molecule has 30 heavy (non-hydrogen) atoms. The first-order valence-electron chi connectivity index (χ1n) is 9.76. The van der Waals surface area contributed by atoms with E-state index in [0.29, 0.717) is 24.5 Å². The van der Waals surface area contributed by atoms with Crippen molar-refractivity contribution in [3.8, 4) is 0 Å². The molecule has 0 radical (unpaired) electrons. The predicted octanol–water partition coefficient (Wildman–Crippen LogP) is 1.50. The Morgan fingerprint density at radius 1 is 1.13 bits per heavy atom. The summed E-state index contributed by atoms with van der Waals surface area (Å²) in [6.45, 7) is 7.18. The maximum atomic E-state index is 14.3. The summed E-state index contributed by atoms with van der Waals surface area (Å²) >= 11 is 0. The van der Waals surface area contributed by atoms with Gasteiger partial charge in [-0.2, -0.15) is 4.39 Å². The quantitative estimate of drug-likeness (QED) is 0.631. The number of amides is 1. The second-order valence-corrected chi connectivity index (χ2v) is 7.53. The zero-order valence-electron chi connectivity index (χ0n) is 16.9. The number of aryl methyl sites for hydroxylation is 2. The highest BCUT2D eigenvalue weighted by Crippen LogP contribution is 2.23. The number of halogens is 1. The number of anilines is 1. The monoisotopic (exact) mass is 410 g/mol. The molecule has 1 saturated heterocycles. The molecule has 3 heterocycles. The molecule has 1 aliphatic heterocycles. The molecular formula is C21H23FN6O2. The molecule has 0 unspecified atom stereocenters. The average molecular weight is 410 g/mol. The first kappa shape index (κ1) is 20.0. The van der Waals surface area contributed by atoms with E-state index in [1.165, 1.54) is 6.07 Å². The fourth-order valence-corrected chi connectivity index (χ4v) is 3.79. The summed E-state index contributed by atoms with van der Waals surface area (Å²) in [4.78, 5) is 38.2. The number of aromatic nitrogens is 3. The van der Waals surface area contributed by atoms with Crippen molar-refractivity contribution in [3.05, 3.63) is 63.1 Å². The van der Waals surface area contributed by atoms with Gasteiger partial charge in [0.15, 0.2) is 0 Å². The number of nitrogens with two attached hydrogens (primary N) is 1. The van der Waals surface area contributed by atoms with Crippen molar-refractivity contribution in [1.29, 1.82) is 0 Å². The highest BCUT2D eigenvalue weighted by molar-refractivity contribution is 5.91. The summed E-state index contributed by atoms with van der Waals surface area (Å²) in [5, 5.41) is 0. The van der Waals surface area contributed by atoms with E-state index in [9.17, 15) is 14.0 Å². The number of carbonyl (C=O) groups is 1. The van der Waals surface area contributed by atoms with E-state index in [0.717, 1.165) is 41.8 Å². The van der Waals surface area contributed by atoms with Crippen molar-refractivity contribution < 1.29 is 9.18 Å². The molecule has 0 bridgehead atoms. The largest absolute Gasteiger partial charge is 0.365 e. The number of hydrogen-bond donors (Lipinski definition) is 2. The van der Waals surface area contributed by atoms with Gasteiger partial charge in [-0.05, 0) is 43.2 Å². The number of benzene rings is 1. The van der Waals surface area contributed by atoms with Gasteiger partial charge in [0.05, 0.1) is 16.7 Å². The smallest absolute Gasteiger partial charge is 0.269 e. The number of primary amides is 1. The number of carbonyl (C=O) groups excluding carboxylic acids is 1. The molecule has 1 aliphatic rings. The van der Waals surface area contributed by atoms with Crippen LogP contribution < -0.4 is 16.2 Å². The van der Waals surface area contributed by atoms with Gasteiger partial charge in [-0.25, -0.2) is 9.97 Å². The minimum absolute atomic E-state index is 0.0793. The molecule has 8 nitrogen and oxygen atoms in total. The van der Waals surface area contributed by atoms with Crippen LogP contribution in [0.2, 0.25) is 0 Å². The third-order valence-electron chi connectivity index (χ3n) is 5.60. The van der Waals surface area contributed by atoms with E-state index in [-0.39, 0.29) is 11.3 Å². The van der Waals surface area contributed by atoms with Crippen LogP contribution in [0.25, 0.3) is 11.0 Å². The van der Waals surface area contributed by atoms with E-state index in [1.54, 1.807) is 13.0 Å². The number of rotatable bonds is 4. The summed E-state index contributed by atoms with van der Waals surface area (Å²) < 4.78 is 14.3. The Kier molecular flexibility index (Phi) is 5.21. The maximum absolute atomic E-state index is 14.3. The normalized spacial score (nSPS) is 15.0. The number of pyridine rings is 1. The van der Waals surface area contributed by atoms with Gasteiger partial charge < -0.3 is 15.6 Å². The van der Waals surface area contributed by atoms with Crippen molar-refractivity contribution in [2.75, 3.05) is 31.1 Å². The lowest BCUT2D eigenvalue weighted by molar-refractivity contribution is 0.0994. The molecular weight excluding hydrogens is 387 g/mol. The number of aromatic amines is 1. The van der Waals surface area contributed by atoms with Crippen LogP contribution in [-0.2, 0) is 6.54 Å². The van der Waals surface area contributed by atoms with Crippen molar-refractivity contribution in [2.24, 2.45) is 5.73 Å². The summed E-state index contributed by atoms with van der Waals surface area (Å²) in [7, 11) is 0. The van der Waals surface area contributed by atoms with Gasteiger partial charge >= 0.3 is 0 Å². The van der Waals surface area contributed by atoms with Crippen molar-refractivity contribution in [2.45, 2.75) is 20.4 Å². The number of piperazine rings is 1. The lowest BCUT2D eigenvalue weighted by Crippen LogP contribution is -2.46. The van der Waals surface area contributed by atoms with Crippen LogP contribution in [0.1, 0.15) is 27.3 Å². The molecule has 0 aliphatic carbocycles. The number of H-pyrrole nitrogens is 1. The molecule has 1 aromatic carbocycles. The Morgan fingerprint density at radius 2 is 1.87 bits per heavy atom. The fraction of sp³-hybridized carbons (Fsp3) is 0.333. The second kappa shape index (κ2) is 7.83. The van der Waals surface area contributed by atoms with Crippen LogP contribution >= 0.6 is 0 Å². The van der Waals surface area contributed by atoms with Crippen molar-refractivity contribution in [1.82, 2.24) is 19.9 Å². The average Bonchev–Trinajstić information content (AvgIpc) is 2.72. The summed E-state index contributed by atoms with van der Waals surface area (Å²) in [6.07, 6.45) is 0. The van der Waals surface area contributed by atoms with Crippen molar-refractivity contribution >= 4 is 22.6 Å². The van der Waals surface area contributed by atoms with Crippen LogP contribution in [0.3, 0.4) is 0 Å². The first-order valence-corrected chi connectivity index (χ1v) is 9.76. The number of fused-ring (bicyclic) bond motifs is 1. The van der Waals surface area contributed by atoms with E-state index in [4.69, 9.17) is 5.73 Å². The molecule has 4 rings (SSSR count). The van der Waals surface area contributed by atoms with E-state index in [2.05, 4.69) is 19.9 Å². The van der Waals surface area contributed by atoms with E-state index < -0.39 is 11.9 Å². The van der Waals surface area contributed by atoms with Gasteiger partial charge in [0, 0.05) is 32.7 Å². The van der Waals surface area contributed by atoms with E-state index >= 15 is 0 Å². The predicted molar refractivity (Wildman–Crippen MR) is 112 cm³/mol. The third-order valence-corrected chi connectivity index (χ3v) is 5.60. The molecule has 1 amide bonds. The van der Waals surface area contributed by atoms with Crippen LogP contribution in [-0.4, -0.2) is 51.9 Å². The molecule has 3 aromatic rings. The molecule has 0 atom stereocenters. The summed E-state index contributed by atoms with van der Waals surface area (Å²) in [5.74, 6) is -1.43. The zero-order chi connectivity index (χ0) is 21.4. The van der Waals surface area contributed by atoms with Gasteiger partial charge in [0.25, 0.3) is 11.5 Å². The highest BCUT2D eigenvalue weighted by atomic mass is 19.1. The molecule has 2 aromatic heterocycles. The van der Waals surface area contributed by atoms with Gasteiger partial charge in [-0.1, -0.05) is 6.07 Å². The minimum atomic E-state index is -0.747. The Labute approximate surface area is 172 Å². The van der Waals surface area contributed by atoms with Crippen LogP contribution in [0.5, 0.6) is 0 Å². The number of nitrogens with zero attached hydrogens (tertiary/aromatic N) is 4. The molecule has 3 N–H and O–H groups in total. The molecule has 0 saturated carbocycles. The lowest BCUT2D eigenvalue weighted by atomic mass is 10.1. The van der Waals surface area contributed by atoms with Crippen LogP contribution in [0, 0.1) is 19.8 Å². The topological polar surface area (TPSA) is 108 Å².